The first-order chi connectivity index (χ1) is 13.0. The van der Waals surface area contributed by atoms with Gasteiger partial charge in [-0.1, -0.05) is 6.92 Å². The Morgan fingerprint density at radius 3 is 2.37 bits per heavy atom. The summed E-state index contributed by atoms with van der Waals surface area (Å²) in [5, 5.41) is 0. The number of rotatable bonds is 5. The SMILES string of the molecule is CC(=O)N(CCC(=O)N1CCCC(C)C1)c1ccc(N2CCCCC2)cc1. The van der Waals surface area contributed by atoms with Crippen molar-refractivity contribution in [2.24, 2.45) is 5.92 Å². The molecule has 1 aromatic rings. The maximum absolute atomic E-state index is 12.5. The minimum absolute atomic E-state index is 0.0134. The predicted molar refractivity (Wildman–Crippen MR) is 110 cm³/mol. The van der Waals surface area contributed by atoms with Gasteiger partial charge in [-0.2, -0.15) is 0 Å². The number of amides is 2. The topological polar surface area (TPSA) is 43.9 Å². The van der Waals surface area contributed by atoms with Gasteiger partial charge in [0.05, 0.1) is 0 Å². The first-order valence-electron chi connectivity index (χ1n) is 10.5. The number of hydrogen-bond acceptors (Lipinski definition) is 3. The molecule has 2 saturated heterocycles. The van der Waals surface area contributed by atoms with Gasteiger partial charge in [-0.05, 0) is 62.3 Å². The summed E-state index contributed by atoms with van der Waals surface area (Å²) >= 11 is 0. The van der Waals surface area contributed by atoms with Crippen molar-refractivity contribution in [2.45, 2.75) is 52.4 Å². The maximum Gasteiger partial charge on any atom is 0.224 e. The summed E-state index contributed by atoms with van der Waals surface area (Å²) in [5.74, 6) is 0.729. The van der Waals surface area contributed by atoms with E-state index in [2.05, 4.69) is 24.0 Å². The Morgan fingerprint density at radius 1 is 1.04 bits per heavy atom. The van der Waals surface area contributed by atoms with E-state index in [9.17, 15) is 9.59 Å². The number of carbonyl (C=O) groups is 2. The van der Waals surface area contributed by atoms with Gasteiger partial charge in [0.25, 0.3) is 0 Å². The molecule has 0 radical (unpaired) electrons. The van der Waals surface area contributed by atoms with Gasteiger partial charge in [-0.15, -0.1) is 0 Å². The van der Waals surface area contributed by atoms with Crippen LogP contribution >= 0.6 is 0 Å². The third-order valence-corrected chi connectivity index (χ3v) is 5.82. The molecule has 0 spiro atoms. The molecule has 2 aliphatic rings. The number of carbonyl (C=O) groups excluding carboxylic acids is 2. The monoisotopic (exact) mass is 371 g/mol. The molecule has 1 aromatic carbocycles. The zero-order valence-corrected chi connectivity index (χ0v) is 16.8. The fraction of sp³-hybridized carbons (Fsp3) is 0.636. The van der Waals surface area contributed by atoms with Crippen LogP contribution in [0.3, 0.4) is 0 Å². The molecule has 2 amide bonds. The lowest BCUT2D eigenvalue weighted by atomic mass is 10.00. The lowest BCUT2D eigenvalue weighted by molar-refractivity contribution is -0.132. The van der Waals surface area contributed by atoms with E-state index in [1.165, 1.54) is 31.4 Å². The van der Waals surface area contributed by atoms with Crippen LogP contribution in [0.2, 0.25) is 0 Å². The van der Waals surface area contributed by atoms with Crippen LogP contribution in [-0.2, 0) is 9.59 Å². The molecule has 1 atom stereocenters. The van der Waals surface area contributed by atoms with Gasteiger partial charge >= 0.3 is 0 Å². The lowest BCUT2D eigenvalue weighted by Gasteiger charge is -2.32. The predicted octanol–water partition coefficient (Wildman–Crippen LogP) is 3.68. The Balaban J connectivity index is 1.59. The molecule has 2 heterocycles. The van der Waals surface area contributed by atoms with Crippen LogP contribution in [0.15, 0.2) is 24.3 Å². The molecule has 1 unspecified atom stereocenters. The Morgan fingerprint density at radius 2 is 1.74 bits per heavy atom. The molecule has 27 heavy (non-hydrogen) atoms. The maximum atomic E-state index is 12.5. The van der Waals surface area contributed by atoms with E-state index in [0.717, 1.165) is 38.3 Å². The highest BCUT2D eigenvalue weighted by Gasteiger charge is 2.22. The van der Waals surface area contributed by atoms with Crippen molar-refractivity contribution in [3.05, 3.63) is 24.3 Å². The molecule has 3 rings (SSSR count). The standard InChI is InChI=1S/C22H33N3O2/c1-18-7-6-15-24(17-18)22(27)12-16-25(19(2)26)21-10-8-20(9-11-21)23-13-4-3-5-14-23/h8-11,18H,3-7,12-17H2,1-2H3. The second kappa shape index (κ2) is 9.25. The van der Waals surface area contributed by atoms with Crippen molar-refractivity contribution in [2.75, 3.05) is 42.5 Å². The first kappa shape index (κ1) is 19.7. The highest BCUT2D eigenvalue weighted by atomic mass is 16.2. The minimum atomic E-state index is -0.0134. The van der Waals surface area contributed by atoms with Crippen molar-refractivity contribution >= 4 is 23.2 Å². The Bertz CT molecular complexity index is 637. The number of piperidine rings is 2. The fourth-order valence-corrected chi connectivity index (χ4v) is 4.25. The van der Waals surface area contributed by atoms with Crippen molar-refractivity contribution in [1.29, 1.82) is 0 Å². The number of likely N-dealkylation sites (tertiary alicyclic amines) is 1. The molecule has 2 fully saturated rings. The first-order valence-corrected chi connectivity index (χ1v) is 10.5. The van der Waals surface area contributed by atoms with Gasteiger partial charge in [0.1, 0.15) is 0 Å². The largest absolute Gasteiger partial charge is 0.372 e. The van der Waals surface area contributed by atoms with Crippen LogP contribution in [0.4, 0.5) is 11.4 Å². The highest BCUT2D eigenvalue weighted by Crippen LogP contribution is 2.24. The molecule has 2 aliphatic heterocycles. The zero-order valence-electron chi connectivity index (χ0n) is 16.8. The molecule has 0 aromatic heterocycles. The summed E-state index contributed by atoms with van der Waals surface area (Å²) < 4.78 is 0. The molecule has 0 N–H and O–H groups in total. The second-order valence-corrected chi connectivity index (χ2v) is 8.07. The normalized spacial score (nSPS) is 20.4. The number of hydrogen-bond donors (Lipinski definition) is 0. The van der Waals surface area contributed by atoms with E-state index < -0.39 is 0 Å². The van der Waals surface area contributed by atoms with Crippen molar-refractivity contribution in [1.82, 2.24) is 4.90 Å². The van der Waals surface area contributed by atoms with Crippen LogP contribution < -0.4 is 9.80 Å². The smallest absolute Gasteiger partial charge is 0.224 e. The summed E-state index contributed by atoms with van der Waals surface area (Å²) in [7, 11) is 0. The molecular formula is C22H33N3O2. The Hall–Kier alpha value is -2.04. The van der Waals surface area contributed by atoms with E-state index >= 15 is 0 Å². The summed E-state index contributed by atoms with van der Waals surface area (Å²) in [5.41, 5.74) is 2.10. The van der Waals surface area contributed by atoms with Crippen molar-refractivity contribution < 1.29 is 9.59 Å². The third kappa shape index (κ3) is 5.24. The molecule has 0 saturated carbocycles. The van der Waals surface area contributed by atoms with Gasteiger partial charge in [0.15, 0.2) is 0 Å². The number of nitrogens with zero attached hydrogens (tertiary/aromatic N) is 3. The van der Waals surface area contributed by atoms with E-state index in [0.29, 0.717) is 18.9 Å². The quantitative estimate of drug-likeness (QED) is 0.793. The van der Waals surface area contributed by atoms with E-state index in [1.807, 2.05) is 17.0 Å². The summed E-state index contributed by atoms with van der Waals surface area (Å²) in [6, 6.07) is 8.23. The third-order valence-electron chi connectivity index (χ3n) is 5.82. The summed E-state index contributed by atoms with van der Waals surface area (Å²) in [6.45, 7) is 8.15. The van der Waals surface area contributed by atoms with Gasteiger partial charge in [-0.3, -0.25) is 9.59 Å². The van der Waals surface area contributed by atoms with Crippen molar-refractivity contribution in [3.63, 3.8) is 0 Å². The van der Waals surface area contributed by atoms with Gasteiger partial charge in [-0.25, -0.2) is 0 Å². The molecular weight excluding hydrogens is 338 g/mol. The number of anilines is 2. The van der Waals surface area contributed by atoms with Crippen LogP contribution in [0.25, 0.3) is 0 Å². The van der Waals surface area contributed by atoms with E-state index in [4.69, 9.17) is 0 Å². The molecule has 148 valence electrons. The lowest BCUT2D eigenvalue weighted by Crippen LogP contribution is -2.41. The minimum Gasteiger partial charge on any atom is -0.372 e. The van der Waals surface area contributed by atoms with Gasteiger partial charge < -0.3 is 14.7 Å². The van der Waals surface area contributed by atoms with Crippen LogP contribution in [0.1, 0.15) is 52.4 Å². The summed E-state index contributed by atoms with van der Waals surface area (Å²) in [4.78, 5) is 30.8. The molecule has 0 aliphatic carbocycles. The molecule has 0 bridgehead atoms. The average molecular weight is 372 g/mol. The summed E-state index contributed by atoms with van der Waals surface area (Å²) in [6.07, 6.45) is 6.49. The van der Waals surface area contributed by atoms with Gasteiger partial charge in [0, 0.05) is 57.4 Å². The van der Waals surface area contributed by atoms with Gasteiger partial charge in [0.2, 0.25) is 11.8 Å². The molecule has 5 heteroatoms. The Labute approximate surface area is 163 Å². The Kier molecular flexibility index (Phi) is 6.75. The van der Waals surface area contributed by atoms with Crippen LogP contribution in [-0.4, -0.2) is 49.4 Å². The second-order valence-electron chi connectivity index (χ2n) is 8.07. The number of benzene rings is 1. The fourth-order valence-electron chi connectivity index (χ4n) is 4.25. The van der Waals surface area contributed by atoms with E-state index in [1.54, 1.807) is 11.8 Å². The molecule has 5 nitrogen and oxygen atoms in total. The zero-order chi connectivity index (χ0) is 19.2. The average Bonchev–Trinajstić information content (AvgIpc) is 2.69. The van der Waals surface area contributed by atoms with Crippen LogP contribution in [0, 0.1) is 5.92 Å². The van der Waals surface area contributed by atoms with Crippen LogP contribution in [0.5, 0.6) is 0 Å². The van der Waals surface area contributed by atoms with Crippen molar-refractivity contribution in [3.8, 4) is 0 Å². The van der Waals surface area contributed by atoms with E-state index in [-0.39, 0.29) is 11.8 Å². The highest BCUT2D eigenvalue weighted by molar-refractivity contribution is 5.92.